The van der Waals surface area contributed by atoms with Crippen molar-refractivity contribution in [2.45, 2.75) is 6.42 Å². The van der Waals surface area contributed by atoms with Crippen molar-refractivity contribution < 1.29 is 0 Å². The molecule has 0 unspecified atom stereocenters. The van der Waals surface area contributed by atoms with Gasteiger partial charge in [0.1, 0.15) is 0 Å². The number of benzene rings is 1. The van der Waals surface area contributed by atoms with Crippen LogP contribution in [0.1, 0.15) is 5.56 Å². The summed E-state index contributed by atoms with van der Waals surface area (Å²) in [6.07, 6.45) is 0.849. The van der Waals surface area contributed by atoms with Gasteiger partial charge in [0.15, 0.2) is 0 Å². The fourth-order valence-electron chi connectivity index (χ4n) is 2.28. The molecule has 3 nitrogen and oxygen atoms in total. The van der Waals surface area contributed by atoms with E-state index in [1.54, 1.807) is 0 Å². The fourth-order valence-corrected chi connectivity index (χ4v) is 2.55. The summed E-state index contributed by atoms with van der Waals surface area (Å²) >= 11 is 6.26. The van der Waals surface area contributed by atoms with Gasteiger partial charge in [0.2, 0.25) is 0 Å². The van der Waals surface area contributed by atoms with Gasteiger partial charge >= 0.3 is 0 Å². The average Bonchev–Trinajstić information content (AvgIpc) is 2.33. The minimum absolute atomic E-state index is 0.643. The molecular weight excluding hydrogens is 234 g/mol. The topological polar surface area (TPSA) is 32.5 Å². The Bertz CT molecular complexity index is 373. The van der Waals surface area contributed by atoms with Crippen LogP contribution in [0.5, 0.6) is 0 Å². The molecule has 0 aliphatic carbocycles. The van der Waals surface area contributed by atoms with Crippen LogP contribution in [-0.4, -0.2) is 44.7 Å². The van der Waals surface area contributed by atoms with Crippen LogP contribution in [0.3, 0.4) is 0 Å². The first kappa shape index (κ1) is 12.7. The molecule has 1 heterocycles. The molecule has 0 bridgehead atoms. The van der Waals surface area contributed by atoms with E-state index in [9.17, 15) is 0 Å². The Kier molecular flexibility index (Phi) is 4.26. The number of likely N-dealkylation sites (N-methyl/N-ethyl adjacent to an activating group) is 1. The van der Waals surface area contributed by atoms with Crippen molar-refractivity contribution >= 4 is 17.3 Å². The largest absolute Gasteiger partial charge is 0.369 e. The molecule has 0 spiro atoms. The van der Waals surface area contributed by atoms with Crippen LogP contribution in [0.15, 0.2) is 18.2 Å². The maximum atomic E-state index is 6.26. The lowest BCUT2D eigenvalue weighted by Gasteiger charge is -2.35. The molecule has 0 atom stereocenters. The van der Waals surface area contributed by atoms with Crippen molar-refractivity contribution in [1.82, 2.24) is 4.90 Å². The van der Waals surface area contributed by atoms with E-state index in [1.165, 1.54) is 11.3 Å². The van der Waals surface area contributed by atoms with Gasteiger partial charge in [-0.1, -0.05) is 17.7 Å². The SMILES string of the molecule is CN1CCN(c2cccc(Cl)c2CCN)CC1. The van der Waals surface area contributed by atoms with Crippen LogP contribution >= 0.6 is 11.6 Å². The summed E-state index contributed by atoms with van der Waals surface area (Å²) in [6, 6.07) is 6.13. The first-order chi connectivity index (χ1) is 8.22. The number of nitrogens with two attached hydrogens (primary N) is 1. The van der Waals surface area contributed by atoms with Crippen molar-refractivity contribution in [1.29, 1.82) is 0 Å². The van der Waals surface area contributed by atoms with Gasteiger partial charge in [0.05, 0.1) is 0 Å². The van der Waals surface area contributed by atoms with Gasteiger partial charge < -0.3 is 15.5 Å². The first-order valence-corrected chi connectivity index (χ1v) is 6.51. The van der Waals surface area contributed by atoms with E-state index in [2.05, 4.69) is 22.9 Å². The molecular formula is C13H20ClN3. The fraction of sp³-hybridized carbons (Fsp3) is 0.538. The second-order valence-corrected chi connectivity index (χ2v) is 4.97. The van der Waals surface area contributed by atoms with E-state index in [-0.39, 0.29) is 0 Å². The average molecular weight is 254 g/mol. The number of halogens is 1. The molecule has 0 radical (unpaired) electrons. The van der Waals surface area contributed by atoms with E-state index >= 15 is 0 Å². The lowest BCUT2D eigenvalue weighted by atomic mass is 10.1. The van der Waals surface area contributed by atoms with Crippen molar-refractivity contribution in [3.63, 3.8) is 0 Å². The van der Waals surface area contributed by atoms with Crippen molar-refractivity contribution in [2.24, 2.45) is 5.73 Å². The van der Waals surface area contributed by atoms with E-state index in [4.69, 9.17) is 17.3 Å². The molecule has 1 saturated heterocycles. The predicted molar refractivity (Wildman–Crippen MR) is 73.9 cm³/mol. The number of hydrogen-bond donors (Lipinski definition) is 1. The second kappa shape index (κ2) is 5.71. The van der Waals surface area contributed by atoms with Crippen molar-refractivity contribution in [2.75, 3.05) is 44.7 Å². The molecule has 1 fully saturated rings. The lowest BCUT2D eigenvalue weighted by molar-refractivity contribution is 0.312. The number of piperazine rings is 1. The zero-order valence-electron chi connectivity index (χ0n) is 10.3. The van der Waals surface area contributed by atoms with Crippen LogP contribution in [0, 0.1) is 0 Å². The normalized spacial score (nSPS) is 17.5. The predicted octanol–water partition coefficient (Wildman–Crippen LogP) is 1.59. The van der Waals surface area contributed by atoms with E-state index in [0.29, 0.717) is 6.54 Å². The summed E-state index contributed by atoms with van der Waals surface area (Å²) in [5.74, 6) is 0. The molecule has 0 amide bonds. The second-order valence-electron chi connectivity index (χ2n) is 4.57. The van der Waals surface area contributed by atoms with E-state index < -0.39 is 0 Å². The molecule has 1 aromatic carbocycles. The van der Waals surface area contributed by atoms with Crippen LogP contribution in [0.2, 0.25) is 5.02 Å². The summed E-state index contributed by atoms with van der Waals surface area (Å²) in [4.78, 5) is 4.76. The molecule has 2 rings (SSSR count). The van der Waals surface area contributed by atoms with Crippen LogP contribution < -0.4 is 10.6 Å². The summed E-state index contributed by atoms with van der Waals surface area (Å²) in [7, 11) is 2.16. The lowest BCUT2D eigenvalue weighted by Crippen LogP contribution is -2.44. The third-order valence-corrected chi connectivity index (χ3v) is 3.69. The smallest absolute Gasteiger partial charge is 0.0459 e. The highest BCUT2D eigenvalue weighted by Crippen LogP contribution is 2.28. The molecule has 1 aliphatic rings. The van der Waals surface area contributed by atoms with Gasteiger partial charge in [0, 0.05) is 36.9 Å². The molecule has 4 heteroatoms. The monoisotopic (exact) mass is 253 g/mol. The Morgan fingerprint density at radius 3 is 2.59 bits per heavy atom. The van der Waals surface area contributed by atoms with Gasteiger partial charge in [0.25, 0.3) is 0 Å². The molecule has 17 heavy (non-hydrogen) atoms. The zero-order valence-corrected chi connectivity index (χ0v) is 11.1. The quantitative estimate of drug-likeness (QED) is 0.888. The summed E-state index contributed by atoms with van der Waals surface area (Å²) in [6.45, 7) is 4.98. The van der Waals surface area contributed by atoms with E-state index in [0.717, 1.165) is 37.6 Å². The van der Waals surface area contributed by atoms with Gasteiger partial charge in [-0.15, -0.1) is 0 Å². The number of anilines is 1. The van der Waals surface area contributed by atoms with Crippen LogP contribution in [0.25, 0.3) is 0 Å². The molecule has 94 valence electrons. The van der Waals surface area contributed by atoms with Crippen molar-refractivity contribution in [3.8, 4) is 0 Å². The maximum absolute atomic E-state index is 6.26. The minimum atomic E-state index is 0.643. The Labute approximate surface area is 108 Å². The maximum Gasteiger partial charge on any atom is 0.0459 e. The van der Waals surface area contributed by atoms with Crippen LogP contribution in [0.4, 0.5) is 5.69 Å². The van der Waals surface area contributed by atoms with Crippen molar-refractivity contribution in [3.05, 3.63) is 28.8 Å². The molecule has 0 saturated carbocycles. The van der Waals surface area contributed by atoms with Gasteiger partial charge in [-0.25, -0.2) is 0 Å². The minimum Gasteiger partial charge on any atom is -0.369 e. The Balaban J connectivity index is 2.22. The summed E-state index contributed by atoms with van der Waals surface area (Å²) in [5.41, 5.74) is 8.12. The third-order valence-electron chi connectivity index (χ3n) is 3.33. The molecule has 2 N–H and O–H groups in total. The van der Waals surface area contributed by atoms with Crippen LogP contribution in [-0.2, 0) is 6.42 Å². The molecule has 1 aliphatic heterocycles. The first-order valence-electron chi connectivity index (χ1n) is 6.13. The molecule has 0 aromatic heterocycles. The standard InChI is InChI=1S/C13H20ClN3/c1-16-7-9-17(10-8-16)13-4-2-3-12(14)11(13)5-6-15/h2-4H,5-10,15H2,1H3. The number of rotatable bonds is 3. The van der Waals surface area contributed by atoms with Gasteiger partial charge in [-0.2, -0.15) is 0 Å². The summed E-state index contributed by atoms with van der Waals surface area (Å²) < 4.78 is 0. The highest BCUT2D eigenvalue weighted by molar-refractivity contribution is 6.31. The van der Waals surface area contributed by atoms with E-state index in [1.807, 2.05) is 12.1 Å². The molecule has 1 aromatic rings. The third kappa shape index (κ3) is 2.92. The Morgan fingerprint density at radius 1 is 1.24 bits per heavy atom. The number of nitrogens with zero attached hydrogens (tertiary/aromatic N) is 2. The highest BCUT2D eigenvalue weighted by Gasteiger charge is 2.17. The highest BCUT2D eigenvalue weighted by atomic mass is 35.5. The Morgan fingerprint density at radius 2 is 1.94 bits per heavy atom. The summed E-state index contributed by atoms with van der Waals surface area (Å²) in [5, 5.41) is 0.840. The van der Waals surface area contributed by atoms with Gasteiger partial charge in [-0.3, -0.25) is 0 Å². The van der Waals surface area contributed by atoms with Gasteiger partial charge in [-0.05, 0) is 37.7 Å². The zero-order chi connectivity index (χ0) is 12.3. The Hall–Kier alpha value is -0.770. The number of hydrogen-bond acceptors (Lipinski definition) is 3.